The molecule has 2 aromatic carbocycles. The van der Waals surface area contributed by atoms with Gasteiger partial charge < -0.3 is 20.5 Å². The third-order valence-electron chi connectivity index (χ3n) is 3.29. The van der Waals surface area contributed by atoms with Crippen molar-refractivity contribution in [1.29, 1.82) is 0 Å². The van der Waals surface area contributed by atoms with E-state index in [-0.39, 0.29) is 12.1 Å². The molecule has 2 aromatic rings. The fourth-order valence-electron chi connectivity index (χ4n) is 2.13. The van der Waals surface area contributed by atoms with Crippen molar-refractivity contribution in [3.63, 3.8) is 0 Å². The van der Waals surface area contributed by atoms with Crippen LogP contribution in [0.25, 0.3) is 0 Å². The number of carbonyl (C=O) groups is 1. The van der Waals surface area contributed by atoms with Crippen molar-refractivity contribution in [3.8, 4) is 0 Å². The molecule has 122 valence electrons. The van der Waals surface area contributed by atoms with Gasteiger partial charge in [0.15, 0.2) is 0 Å². The molecule has 0 saturated carbocycles. The van der Waals surface area contributed by atoms with E-state index in [0.29, 0.717) is 12.3 Å². The molecule has 1 atom stereocenters. The molecule has 0 fully saturated rings. The summed E-state index contributed by atoms with van der Waals surface area (Å²) in [5.74, 6) is -0.507. The first-order valence-electron chi connectivity index (χ1n) is 7.16. The number of aliphatic hydroxyl groups excluding tert-OH is 1. The molecule has 23 heavy (non-hydrogen) atoms. The number of hydrogen-bond acceptors (Lipinski definition) is 3. The molecule has 2 rings (SSSR count). The standard InChI is InChI=1S/C17H19FN2O3/c1-23-11-12-6-2-5-9-15(12)20-17(22)19-10-16(21)13-7-3-4-8-14(13)18/h2-9,16,21H,10-11H2,1H3,(H2,19,20,22). The lowest BCUT2D eigenvalue weighted by Crippen LogP contribution is -2.32. The van der Waals surface area contributed by atoms with Crippen LogP contribution in [0.3, 0.4) is 0 Å². The first-order valence-corrected chi connectivity index (χ1v) is 7.16. The number of urea groups is 1. The van der Waals surface area contributed by atoms with Crippen molar-refractivity contribution in [3.05, 3.63) is 65.5 Å². The summed E-state index contributed by atoms with van der Waals surface area (Å²) < 4.78 is 18.6. The van der Waals surface area contributed by atoms with Crippen molar-refractivity contribution in [2.24, 2.45) is 0 Å². The fraction of sp³-hybridized carbons (Fsp3) is 0.235. The van der Waals surface area contributed by atoms with E-state index in [4.69, 9.17) is 4.74 Å². The van der Waals surface area contributed by atoms with E-state index in [1.807, 2.05) is 12.1 Å². The molecule has 0 aromatic heterocycles. The topological polar surface area (TPSA) is 70.6 Å². The molecule has 2 amide bonds. The predicted octanol–water partition coefficient (Wildman–Crippen LogP) is 2.83. The van der Waals surface area contributed by atoms with Crippen LogP contribution in [0.2, 0.25) is 0 Å². The number of ether oxygens (including phenoxy) is 1. The highest BCUT2D eigenvalue weighted by Crippen LogP contribution is 2.17. The van der Waals surface area contributed by atoms with E-state index in [0.717, 1.165) is 5.56 Å². The van der Waals surface area contributed by atoms with Gasteiger partial charge in [0.25, 0.3) is 0 Å². The number of anilines is 1. The second kappa shape index (κ2) is 8.26. The summed E-state index contributed by atoms with van der Waals surface area (Å²) in [5, 5.41) is 15.2. The van der Waals surface area contributed by atoms with Gasteiger partial charge in [-0.3, -0.25) is 0 Å². The van der Waals surface area contributed by atoms with Crippen LogP contribution in [0.1, 0.15) is 17.2 Å². The molecule has 6 heteroatoms. The summed E-state index contributed by atoms with van der Waals surface area (Å²) in [4.78, 5) is 11.9. The number of amides is 2. The molecular weight excluding hydrogens is 299 g/mol. The number of benzene rings is 2. The second-order valence-corrected chi connectivity index (χ2v) is 4.96. The summed E-state index contributed by atoms with van der Waals surface area (Å²) in [5.41, 5.74) is 1.60. The molecule has 0 heterocycles. The van der Waals surface area contributed by atoms with Crippen LogP contribution in [0.15, 0.2) is 48.5 Å². The Labute approximate surface area is 134 Å². The van der Waals surface area contributed by atoms with Gasteiger partial charge in [0, 0.05) is 30.5 Å². The predicted molar refractivity (Wildman–Crippen MR) is 85.5 cm³/mol. The number of halogens is 1. The Bertz CT molecular complexity index is 664. The van der Waals surface area contributed by atoms with Crippen molar-refractivity contribution < 1.29 is 19.0 Å². The molecular formula is C17H19FN2O3. The van der Waals surface area contributed by atoms with Crippen LogP contribution in [0.5, 0.6) is 0 Å². The van der Waals surface area contributed by atoms with Gasteiger partial charge in [0.2, 0.25) is 0 Å². The van der Waals surface area contributed by atoms with Gasteiger partial charge in [0.05, 0.1) is 12.7 Å². The van der Waals surface area contributed by atoms with E-state index in [9.17, 15) is 14.3 Å². The molecule has 0 spiro atoms. The Morgan fingerprint density at radius 3 is 2.65 bits per heavy atom. The first-order chi connectivity index (χ1) is 11.1. The van der Waals surface area contributed by atoms with Gasteiger partial charge in [-0.2, -0.15) is 0 Å². The van der Waals surface area contributed by atoms with E-state index < -0.39 is 18.0 Å². The normalized spacial score (nSPS) is 11.8. The maximum atomic E-state index is 13.5. The molecule has 0 aliphatic heterocycles. The maximum absolute atomic E-state index is 13.5. The summed E-state index contributed by atoms with van der Waals surface area (Å²) >= 11 is 0. The minimum atomic E-state index is -1.11. The first kappa shape index (κ1) is 16.9. The Morgan fingerprint density at radius 1 is 1.22 bits per heavy atom. The number of methoxy groups -OCH3 is 1. The minimum Gasteiger partial charge on any atom is -0.386 e. The zero-order valence-corrected chi connectivity index (χ0v) is 12.8. The van der Waals surface area contributed by atoms with Gasteiger partial charge in [-0.15, -0.1) is 0 Å². The largest absolute Gasteiger partial charge is 0.386 e. The van der Waals surface area contributed by atoms with Crippen molar-refractivity contribution in [2.75, 3.05) is 19.0 Å². The van der Waals surface area contributed by atoms with Crippen LogP contribution in [-0.2, 0) is 11.3 Å². The Kier molecular flexibility index (Phi) is 6.08. The van der Waals surface area contributed by atoms with Gasteiger partial charge in [0.1, 0.15) is 5.82 Å². The highest BCUT2D eigenvalue weighted by Gasteiger charge is 2.13. The quantitative estimate of drug-likeness (QED) is 0.767. The van der Waals surface area contributed by atoms with Crippen LogP contribution >= 0.6 is 0 Å². The molecule has 3 N–H and O–H groups in total. The van der Waals surface area contributed by atoms with E-state index in [2.05, 4.69) is 10.6 Å². The Balaban J connectivity index is 1.92. The molecule has 0 aliphatic rings. The summed E-state index contributed by atoms with van der Waals surface area (Å²) in [6.07, 6.45) is -1.11. The van der Waals surface area contributed by atoms with Gasteiger partial charge in [-0.25, -0.2) is 9.18 Å². The zero-order valence-electron chi connectivity index (χ0n) is 12.8. The van der Waals surface area contributed by atoms with Gasteiger partial charge in [-0.05, 0) is 12.1 Å². The molecule has 0 saturated heterocycles. The van der Waals surface area contributed by atoms with E-state index in [1.165, 1.54) is 12.1 Å². The van der Waals surface area contributed by atoms with Crippen LogP contribution in [0, 0.1) is 5.82 Å². The van der Waals surface area contributed by atoms with Crippen LogP contribution in [0.4, 0.5) is 14.9 Å². The molecule has 0 radical (unpaired) electrons. The highest BCUT2D eigenvalue weighted by molar-refractivity contribution is 5.90. The van der Waals surface area contributed by atoms with Gasteiger partial charge in [-0.1, -0.05) is 36.4 Å². The maximum Gasteiger partial charge on any atom is 0.319 e. The van der Waals surface area contributed by atoms with E-state index >= 15 is 0 Å². The molecule has 5 nitrogen and oxygen atoms in total. The smallest absolute Gasteiger partial charge is 0.319 e. The summed E-state index contributed by atoms with van der Waals surface area (Å²) in [6.45, 7) is 0.271. The number of para-hydroxylation sites is 1. The summed E-state index contributed by atoms with van der Waals surface area (Å²) in [7, 11) is 1.57. The molecule has 0 bridgehead atoms. The zero-order chi connectivity index (χ0) is 16.7. The average Bonchev–Trinajstić information content (AvgIpc) is 2.55. The minimum absolute atomic E-state index is 0.0980. The lowest BCUT2D eigenvalue weighted by molar-refractivity contribution is 0.170. The lowest BCUT2D eigenvalue weighted by Gasteiger charge is -2.15. The average molecular weight is 318 g/mol. The van der Waals surface area contributed by atoms with Crippen molar-refractivity contribution in [2.45, 2.75) is 12.7 Å². The number of hydrogen-bond donors (Lipinski definition) is 3. The lowest BCUT2D eigenvalue weighted by atomic mass is 10.1. The monoisotopic (exact) mass is 318 g/mol. The fourth-order valence-corrected chi connectivity index (χ4v) is 2.13. The molecule has 1 unspecified atom stereocenters. The third kappa shape index (κ3) is 4.77. The van der Waals surface area contributed by atoms with Gasteiger partial charge >= 0.3 is 6.03 Å². The molecule has 0 aliphatic carbocycles. The van der Waals surface area contributed by atoms with Crippen molar-refractivity contribution >= 4 is 11.7 Å². The Hall–Kier alpha value is -2.44. The number of aliphatic hydroxyl groups is 1. The van der Waals surface area contributed by atoms with E-state index in [1.54, 1.807) is 31.4 Å². The third-order valence-corrected chi connectivity index (χ3v) is 3.29. The number of nitrogens with one attached hydrogen (secondary N) is 2. The Morgan fingerprint density at radius 2 is 1.91 bits per heavy atom. The highest BCUT2D eigenvalue weighted by atomic mass is 19.1. The number of rotatable bonds is 6. The second-order valence-electron chi connectivity index (χ2n) is 4.96. The van der Waals surface area contributed by atoms with Crippen LogP contribution in [-0.4, -0.2) is 24.8 Å². The summed E-state index contributed by atoms with van der Waals surface area (Å²) in [6, 6.07) is 12.7. The van der Waals surface area contributed by atoms with Crippen LogP contribution < -0.4 is 10.6 Å². The SMILES string of the molecule is COCc1ccccc1NC(=O)NCC(O)c1ccccc1F. The number of carbonyl (C=O) groups excluding carboxylic acids is 1. The van der Waals surface area contributed by atoms with Crippen molar-refractivity contribution in [1.82, 2.24) is 5.32 Å².